The van der Waals surface area contributed by atoms with Crippen molar-refractivity contribution in [3.05, 3.63) is 47.2 Å². The molecule has 1 aliphatic heterocycles. The Kier molecular flexibility index (Phi) is 6.56. The molecular formula is C29H30F6N6O3. The fraction of sp³-hybridized carbons (Fsp3) is 0.621. The molecular weight excluding hydrogens is 594 g/mol. The quantitative estimate of drug-likeness (QED) is 0.357. The molecule has 2 bridgehead atoms. The van der Waals surface area contributed by atoms with E-state index in [-0.39, 0.29) is 69.3 Å². The van der Waals surface area contributed by atoms with Gasteiger partial charge in [0.15, 0.2) is 5.65 Å². The second-order valence-corrected chi connectivity index (χ2v) is 13.1. The predicted molar refractivity (Wildman–Crippen MR) is 140 cm³/mol. The van der Waals surface area contributed by atoms with E-state index in [4.69, 9.17) is 4.52 Å². The fourth-order valence-corrected chi connectivity index (χ4v) is 7.52. The minimum absolute atomic E-state index is 0.0160. The first-order valence-electron chi connectivity index (χ1n) is 14.7. The van der Waals surface area contributed by atoms with Gasteiger partial charge in [0.2, 0.25) is 11.8 Å². The smallest absolute Gasteiger partial charge is 0.364 e. The number of nitrogens with one attached hydrogen (secondary N) is 2. The zero-order valence-corrected chi connectivity index (χ0v) is 23.5. The average molecular weight is 625 g/mol. The second kappa shape index (κ2) is 9.93. The number of halogens is 6. The number of fused-ring (bicyclic) bond motifs is 1. The number of aromatic nitrogens is 4. The summed E-state index contributed by atoms with van der Waals surface area (Å²) in [4.78, 5) is 30.5. The molecule has 15 heteroatoms. The van der Waals surface area contributed by atoms with Gasteiger partial charge in [0.25, 0.3) is 5.91 Å². The molecule has 3 aromatic heterocycles. The molecule has 4 saturated carbocycles. The third-order valence-corrected chi connectivity index (χ3v) is 9.90. The average Bonchev–Trinajstić information content (AvgIpc) is 3.57. The Morgan fingerprint density at radius 1 is 1.16 bits per heavy atom. The molecule has 3 atom stereocenters. The lowest BCUT2D eigenvalue weighted by Crippen LogP contribution is -2.67. The number of carbonyl (C=O) groups excluding carboxylic acids is 2. The lowest BCUT2D eigenvalue weighted by Gasteiger charge is -2.64. The van der Waals surface area contributed by atoms with Gasteiger partial charge in [-0.1, -0.05) is 5.16 Å². The van der Waals surface area contributed by atoms with E-state index in [1.807, 2.05) is 0 Å². The standard InChI is InChI=1S/C29H30F6N6O3/c30-27-12-26(13-27,14-27)23-19(11-44-40-23)25(43)38-22(15-3-5-28(31,32)6-4-15)20-10-41-21(37-20)2-1-18(39-41)8-16-7-17(29(33,34)35)9-36-24(16)42/h1-2,10-11,15-17,22H,3-9,12-14H2,(H,36,42)(H,38,43)/t16?,17-,22?,26?,27?/m1/s1. The van der Waals surface area contributed by atoms with Crippen LogP contribution in [0.1, 0.15) is 84.8 Å². The van der Waals surface area contributed by atoms with Crippen molar-refractivity contribution >= 4 is 17.5 Å². The number of piperidine rings is 1. The summed E-state index contributed by atoms with van der Waals surface area (Å²) in [5, 5.41) is 13.8. The number of amides is 2. The highest BCUT2D eigenvalue weighted by atomic mass is 19.4. The summed E-state index contributed by atoms with van der Waals surface area (Å²) in [6.07, 6.45) is -1.63. The zero-order valence-electron chi connectivity index (χ0n) is 23.5. The van der Waals surface area contributed by atoms with Gasteiger partial charge in [-0.15, -0.1) is 0 Å². The van der Waals surface area contributed by atoms with Crippen molar-refractivity contribution in [3.63, 3.8) is 0 Å². The monoisotopic (exact) mass is 624 g/mol. The van der Waals surface area contributed by atoms with Crippen LogP contribution in [0.2, 0.25) is 0 Å². The Labute approximate surface area is 247 Å². The van der Waals surface area contributed by atoms with E-state index in [2.05, 4.69) is 25.9 Å². The van der Waals surface area contributed by atoms with Crippen LogP contribution >= 0.6 is 0 Å². The number of alkyl halides is 6. The summed E-state index contributed by atoms with van der Waals surface area (Å²) in [5.41, 5.74) is -0.0634. The molecule has 44 heavy (non-hydrogen) atoms. The highest BCUT2D eigenvalue weighted by Crippen LogP contribution is 2.70. The molecule has 4 heterocycles. The van der Waals surface area contributed by atoms with Crippen LogP contribution in [-0.4, -0.2) is 55.9 Å². The van der Waals surface area contributed by atoms with E-state index in [1.165, 1.54) is 10.8 Å². The number of hydrogen-bond donors (Lipinski definition) is 2. The number of nitrogens with zero attached hydrogens (tertiary/aromatic N) is 4. The number of rotatable bonds is 7. The van der Waals surface area contributed by atoms with E-state index in [9.17, 15) is 35.9 Å². The van der Waals surface area contributed by atoms with Crippen molar-refractivity contribution in [2.45, 2.75) is 87.0 Å². The first-order valence-corrected chi connectivity index (χ1v) is 14.7. The van der Waals surface area contributed by atoms with Crippen LogP contribution in [0, 0.1) is 17.8 Å². The van der Waals surface area contributed by atoms with E-state index in [1.54, 1.807) is 18.3 Å². The maximum Gasteiger partial charge on any atom is 0.393 e. The number of carbonyl (C=O) groups is 2. The molecule has 2 amide bonds. The number of hydrogen-bond acceptors (Lipinski definition) is 6. The van der Waals surface area contributed by atoms with Crippen molar-refractivity contribution in [1.29, 1.82) is 0 Å². The summed E-state index contributed by atoms with van der Waals surface area (Å²) in [7, 11) is 0. The second-order valence-electron chi connectivity index (χ2n) is 13.1. The molecule has 5 aliphatic rings. The van der Waals surface area contributed by atoms with Gasteiger partial charge < -0.3 is 15.2 Å². The Morgan fingerprint density at radius 3 is 2.57 bits per heavy atom. The normalized spacial score (nSPS) is 30.7. The highest BCUT2D eigenvalue weighted by Gasteiger charge is 2.71. The van der Waals surface area contributed by atoms with Crippen LogP contribution < -0.4 is 10.6 Å². The van der Waals surface area contributed by atoms with Gasteiger partial charge in [-0.3, -0.25) is 9.59 Å². The van der Waals surface area contributed by atoms with Crippen molar-refractivity contribution < 1.29 is 40.5 Å². The van der Waals surface area contributed by atoms with Crippen LogP contribution in [0.3, 0.4) is 0 Å². The summed E-state index contributed by atoms with van der Waals surface area (Å²) in [5.74, 6) is -6.73. The summed E-state index contributed by atoms with van der Waals surface area (Å²) in [6.45, 7) is -0.454. The van der Waals surface area contributed by atoms with Crippen molar-refractivity contribution in [2.75, 3.05) is 6.54 Å². The molecule has 2 unspecified atom stereocenters. The summed E-state index contributed by atoms with van der Waals surface area (Å²) >= 11 is 0. The Balaban J connectivity index is 1.13. The fourth-order valence-electron chi connectivity index (χ4n) is 7.52. The summed E-state index contributed by atoms with van der Waals surface area (Å²) in [6, 6.07) is 2.41. The lowest BCUT2D eigenvalue weighted by atomic mass is 9.41. The van der Waals surface area contributed by atoms with Crippen molar-refractivity contribution in [3.8, 4) is 0 Å². The minimum atomic E-state index is -4.42. The molecule has 0 radical (unpaired) electrons. The van der Waals surface area contributed by atoms with Gasteiger partial charge in [0.1, 0.15) is 23.2 Å². The van der Waals surface area contributed by atoms with Gasteiger partial charge >= 0.3 is 6.18 Å². The van der Waals surface area contributed by atoms with Gasteiger partial charge in [0.05, 0.1) is 29.5 Å². The molecule has 9 nitrogen and oxygen atoms in total. The Bertz CT molecular complexity index is 1590. The lowest BCUT2D eigenvalue weighted by molar-refractivity contribution is -0.183. The van der Waals surface area contributed by atoms with Crippen LogP contribution in [-0.2, 0) is 16.6 Å². The van der Waals surface area contributed by atoms with Crippen LogP contribution in [0.15, 0.2) is 29.1 Å². The maximum absolute atomic E-state index is 14.2. The summed E-state index contributed by atoms with van der Waals surface area (Å²) < 4.78 is 88.7. The molecule has 8 rings (SSSR count). The Hall–Kier alpha value is -3.65. The molecule has 5 fully saturated rings. The third kappa shape index (κ3) is 5.11. The molecule has 4 aliphatic carbocycles. The molecule has 2 N–H and O–H groups in total. The van der Waals surface area contributed by atoms with Crippen LogP contribution in [0.4, 0.5) is 26.3 Å². The van der Waals surface area contributed by atoms with E-state index in [0.29, 0.717) is 22.7 Å². The van der Waals surface area contributed by atoms with Gasteiger partial charge in [0, 0.05) is 37.1 Å². The largest absolute Gasteiger partial charge is 0.393 e. The predicted octanol–water partition coefficient (Wildman–Crippen LogP) is 5.01. The maximum atomic E-state index is 14.2. The molecule has 0 spiro atoms. The van der Waals surface area contributed by atoms with Gasteiger partial charge in [-0.2, -0.15) is 18.3 Å². The van der Waals surface area contributed by atoms with Crippen molar-refractivity contribution in [2.24, 2.45) is 17.8 Å². The topological polar surface area (TPSA) is 114 Å². The number of imidazole rings is 1. The third-order valence-electron chi connectivity index (χ3n) is 9.90. The van der Waals surface area contributed by atoms with E-state index in [0.717, 1.165) is 0 Å². The Morgan fingerprint density at radius 2 is 1.89 bits per heavy atom. The zero-order chi connectivity index (χ0) is 31.1. The minimum Gasteiger partial charge on any atom is -0.364 e. The van der Waals surface area contributed by atoms with Crippen molar-refractivity contribution in [1.82, 2.24) is 30.4 Å². The first-order chi connectivity index (χ1) is 20.7. The van der Waals surface area contributed by atoms with Crippen LogP contribution in [0.25, 0.3) is 5.65 Å². The molecule has 0 aromatic carbocycles. The van der Waals surface area contributed by atoms with Crippen LogP contribution in [0.5, 0.6) is 0 Å². The molecule has 236 valence electrons. The van der Waals surface area contributed by atoms with Gasteiger partial charge in [-0.05, 0) is 56.6 Å². The van der Waals surface area contributed by atoms with E-state index < -0.39 is 59.4 Å². The highest BCUT2D eigenvalue weighted by molar-refractivity contribution is 5.95. The molecule has 3 aromatic rings. The van der Waals surface area contributed by atoms with E-state index >= 15 is 0 Å². The first kappa shape index (κ1) is 29.1. The molecule has 1 saturated heterocycles. The SMILES string of the molecule is O=C(NC(c1cn2nc(CC3C[C@@H](C(F)(F)F)CNC3=O)ccc2n1)C1CCC(F)(F)CC1)c1conc1C12CC(F)(C1)C2. The van der Waals surface area contributed by atoms with Gasteiger partial charge in [-0.25, -0.2) is 22.7 Å².